The summed E-state index contributed by atoms with van der Waals surface area (Å²) >= 11 is 0. The zero-order valence-electron chi connectivity index (χ0n) is 8.87. The number of carbonyl (C=O) groups is 1. The molecule has 0 saturated heterocycles. The van der Waals surface area contributed by atoms with Crippen LogP contribution in [0.1, 0.15) is 17.5 Å². The van der Waals surface area contributed by atoms with Crippen molar-refractivity contribution in [2.75, 3.05) is 0 Å². The lowest BCUT2D eigenvalue weighted by Gasteiger charge is -2.11. The molecule has 6 heteroatoms. The zero-order chi connectivity index (χ0) is 13.1. The van der Waals surface area contributed by atoms with Gasteiger partial charge < -0.3 is 10.8 Å². The number of carboxylic acids is 1. The quantitative estimate of drug-likeness (QED) is 0.855. The Kier molecular flexibility index (Phi) is 4.11. The van der Waals surface area contributed by atoms with Crippen LogP contribution < -0.4 is 5.73 Å². The molecule has 0 bridgehead atoms. The number of nitrogens with two attached hydrogens (primary N) is 1. The van der Waals surface area contributed by atoms with Crippen LogP contribution in [-0.2, 0) is 17.4 Å². The molecule has 1 aromatic rings. The van der Waals surface area contributed by atoms with Crippen LogP contribution in [-0.4, -0.2) is 17.1 Å². The third-order valence-electron chi connectivity index (χ3n) is 2.19. The van der Waals surface area contributed by atoms with Crippen LogP contribution in [0.2, 0.25) is 0 Å². The molecule has 0 heterocycles. The molecular weight excluding hydrogens is 235 g/mol. The van der Waals surface area contributed by atoms with Gasteiger partial charge >= 0.3 is 12.1 Å². The van der Waals surface area contributed by atoms with Crippen molar-refractivity contribution in [1.29, 1.82) is 0 Å². The molecule has 1 atom stereocenters. The zero-order valence-corrected chi connectivity index (χ0v) is 8.87. The first kappa shape index (κ1) is 13.5. The van der Waals surface area contributed by atoms with Gasteiger partial charge in [0.25, 0.3) is 0 Å². The number of halogens is 3. The van der Waals surface area contributed by atoms with E-state index < -0.39 is 23.8 Å². The maximum absolute atomic E-state index is 12.4. The lowest BCUT2D eigenvalue weighted by atomic mass is 10.0. The molecule has 0 aliphatic heterocycles. The van der Waals surface area contributed by atoms with Gasteiger partial charge in [-0.25, -0.2) is 0 Å². The van der Waals surface area contributed by atoms with Gasteiger partial charge in [-0.05, 0) is 18.1 Å². The molecule has 0 aliphatic carbocycles. The Balaban J connectivity index is 2.76. The molecule has 3 nitrogen and oxygen atoms in total. The summed E-state index contributed by atoms with van der Waals surface area (Å²) in [7, 11) is 0. The molecule has 1 rings (SSSR count). The van der Waals surface area contributed by atoms with Gasteiger partial charge in [-0.1, -0.05) is 18.2 Å². The highest BCUT2D eigenvalue weighted by molar-refractivity contribution is 5.67. The largest absolute Gasteiger partial charge is 0.481 e. The normalized spacial score (nSPS) is 13.4. The number of benzene rings is 1. The number of hydrogen-bond acceptors (Lipinski definition) is 2. The Labute approximate surface area is 96.0 Å². The second-order valence-corrected chi connectivity index (χ2v) is 3.76. The second kappa shape index (κ2) is 5.18. The molecule has 0 amide bonds. The molecule has 0 aliphatic rings. The van der Waals surface area contributed by atoms with Gasteiger partial charge in [-0.2, -0.15) is 13.2 Å². The van der Waals surface area contributed by atoms with E-state index >= 15 is 0 Å². The number of hydrogen-bond donors (Lipinski definition) is 2. The van der Waals surface area contributed by atoms with Gasteiger partial charge in [-0.3, -0.25) is 4.79 Å². The van der Waals surface area contributed by atoms with Crippen LogP contribution in [0.3, 0.4) is 0 Å². The molecule has 3 N–H and O–H groups in total. The summed E-state index contributed by atoms with van der Waals surface area (Å²) in [5.41, 5.74) is 5.13. The molecule has 1 aromatic carbocycles. The van der Waals surface area contributed by atoms with Crippen LogP contribution in [0, 0.1) is 0 Å². The number of rotatable bonds is 4. The van der Waals surface area contributed by atoms with Gasteiger partial charge in [0.05, 0.1) is 12.0 Å². The molecule has 0 saturated carbocycles. The summed E-state index contributed by atoms with van der Waals surface area (Å²) < 4.78 is 37.2. The van der Waals surface area contributed by atoms with Crippen LogP contribution in [0.25, 0.3) is 0 Å². The van der Waals surface area contributed by atoms with Crippen LogP contribution in [0.4, 0.5) is 13.2 Å². The van der Waals surface area contributed by atoms with Crippen LogP contribution >= 0.6 is 0 Å². The Hall–Kier alpha value is -1.56. The SMILES string of the molecule is NC(CC(=O)O)Cc1cccc(C(F)(F)F)c1. The maximum Gasteiger partial charge on any atom is 0.416 e. The van der Waals surface area contributed by atoms with E-state index in [9.17, 15) is 18.0 Å². The fourth-order valence-corrected chi connectivity index (χ4v) is 1.47. The van der Waals surface area contributed by atoms with Crippen molar-refractivity contribution in [3.05, 3.63) is 35.4 Å². The van der Waals surface area contributed by atoms with E-state index in [1.807, 2.05) is 0 Å². The first-order chi connectivity index (χ1) is 7.79. The minimum atomic E-state index is -4.40. The lowest BCUT2D eigenvalue weighted by Crippen LogP contribution is -2.26. The summed E-state index contributed by atoms with van der Waals surface area (Å²) in [6.07, 6.45) is -4.56. The standard InChI is InChI=1S/C11H12F3NO2/c12-11(13,14)8-3-1-2-7(4-8)5-9(15)6-10(16)17/h1-4,9H,5-6,15H2,(H,16,17). The van der Waals surface area contributed by atoms with E-state index in [-0.39, 0.29) is 12.8 Å². The van der Waals surface area contributed by atoms with Crippen LogP contribution in [0.5, 0.6) is 0 Å². The average Bonchev–Trinajstić information content (AvgIpc) is 2.15. The van der Waals surface area contributed by atoms with E-state index in [1.54, 1.807) is 0 Å². The fraction of sp³-hybridized carbons (Fsp3) is 0.364. The van der Waals surface area contributed by atoms with Crippen molar-refractivity contribution in [2.45, 2.75) is 25.1 Å². The summed E-state index contributed by atoms with van der Waals surface area (Å²) in [6, 6.07) is 4.05. The second-order valence-electron chi connectivity index (χ2n) is 3.76. The fourth-order valence-electron chi connectivity index (χ4n) is 1.47. The predicted molar refractivity (Wildman–Crippen MR) is 55.4 cm³/mol. The van der Waals surface area contributed by atoms with Gasteiger partial charge in [0.2, 0.25) is 0 Å². The number of carboxylic acid groups (broad SMARTS) is 1. The monoisotopic (exact) mass is 247 g/mol. The summed E-state index contributed by atoms with van der Waals surface area (Å²) in [5.74, 6) is -1.07. The Morgan fingerprint density at radius 2 is 2.06 bits per heavy atom. The molecule has 17 heavy (non-hydrogen) atoms. The van der Waals surface area contributed by atoms with Crippen molar-refractivity contribution in [2.24, 2.45) is 5.73 Å². The predicted octanol–water partition coefficient (Wildman–Crippen LogP) is 2.05. The lowest BCUT2D eigenvalue weighted by molar-refractivity contribution is -0.138. The molecule has 0 radical (unpaired) electrons. The Morgan fingerprint density at radius 1 is 1.41 bits per heavy atom. The molecular formula is C11H12F3NO2. The van der Waals surface area contributed by atoms with E-state index in [1.165, 1.54) is 12.1 Å². The van der Waals surface area contributed by atoms with Crippen molar-refractivity contribution in [3.63, 3.8) is 0 Å². The summed E-state index contributed by atoms with van der Waals surface area (Å²) in [4.78, 5) is 10.4. The van der Waals surface area contributed by atoms with Gasteiger partial charge in [0.15, 0.2) is 0 Å². The van der Waals surface area contributed by atoms with E-state index in [0.29, 0.717) is 5.56 Å². The van der Waals surface area contributed by atoms with Gasteiger partial charge in [-0.15, -0.1) is 0 Å². The van der Waals surface area contributed by atoms with Crippen molar-refractivity contribution < 1.29 is 23.1 Å². The average molecular weight is 247 g/mol. The number of alkyl halides is 3. The smallest absolute Gasteiger partial charge is 0.416 e. The highest BCUT2D eigenvalue weighted by atomic mass is 19.4. The first-order valence-electron chi connectivity index (χ1n) is 4.92. The molecule has 0 aromatic heterocycles. The van der Waals surface area contributed by atoms with Gasteiger partial charge in [0.1, 0.15) is 0 Å². The minimum Gasteiger partial charge on any atom is -0.481 e. The van der Waals surface area contributed by atoms with Gasteiger partial charge in [0, 0.05) is 6.04 Å². The number of aliphatic carboxylic acids is 1. The molecule has 1 unspecified atom stereocenters. The van der Waals surface area contributed by atoms with Crippen LogP contribution in [0.15, 0.2) is 24.3 Å². The third-order valence-corrected chi connectivity index (χ3v) is 2.19. The highest BCUT2D eigenvalue weighted by Crippen LogP contribution is 2.29. The maximum atomic E-state index is 12.4. The molecule has 0 spiro atoms. The van der Waals surface area contributed by atoms with E-state index in [2.05, 4.69) is 0 Å². The van der Waals surface area contributed by atoms with Crippen molar-refractivity contribution in [1.82, 2.24) is 0 Å². The summed E-state index contributed by atoms with van der Waals surface area (Å²) in [6.45, 7) is 0. The van der Waals surface area contributed by atoms with Crippen molar-refractivity contribution in [3.8, 4) is 0 Å². The van der Waals surface area contributed by atoms with Crippen molar-refractivity contribution >= 4 is 5.97 Å². The highest BCUT2D eigenvalue weighted by Gasteiger charge is 2.30. The Morgan fingerprint density at radius 3 is 2.59 bits per heavy atom. The summed E-state index contributed by atoms with van der Waals surface area (Å²) in [5, 5.41) is 8.49. The third kappa shape index (κ3) is 4.44. The Bertz CT molecular complexity index is 404. The molecule has 0 fully saturated rings. The van der Waals surface area contributed by atoms with E-state index in [0.717, 1.165) is 12.1 Å². The minimum absolute atomic E-state index is 0.107. The van der Waals surface area contributed by atoms with E-state index in [4.69, 9.17) is 10.8 Å². The first-order valence-corrected chi connectivity index (χ1v) is 4.92. The molecule has 94 valence electrons. The topological polar surface area (TPSA) is 63.3 Å².